The number of amides is 1. The molecule has 146 valence electrons. The highest BCUT2D eigenvalue weighted by atomic mass is 32.1. The van der Waals surface area contributed by atoms with Crippen molar-refractivity contribution >= 4 is 33.4 Å². The summed E-state index contributed by atoms with van der Waals surface area (Å²) in [7, 11) is 0. The van der Waals surface area contributed by atoms with Gasteiger partial charge in [-0.25, -0.2) is 14.2 Å². The molecule has 2 heterocycles. The number of hydrogen-bond donors (Lipinski definition) is 3. The lowest BCUT2D eigenvalue weighted by Gasteiger charge is -2.15. The van der Waals surface area contributed by atoms with Crippen LogP contribution in [-0.2, 0) is 11.2 Å². The van der Waals surface area contributed by atoms with Crippen LogP contribution in [0.1, 0.15) is 38.8 Å². The van der Waals surface area contributed by atoms with Crippen molar-refractivity contribution in [3.05, 3.63) is 66.7 Å². The quantitative estimate of drug-likeness (QED) is 0.578. The molecule has 9 heteroatoms. The van der Waals surface area contributed by atoms with E-state index in [0.29, 0.717) is 16.6 Å². The third-order valence-corrected chi connectivity index (χ3v) is 5.89. The molecule has 1 atom stereocenters. The van der Waals surface area contributed by atoms with E-state index in [1.807, 2.05) is 31.2 Å². The second-order valence-electron chi connectivity index (χ2n) is 6.61. The molecular formula is C19H19N3O5S. The van der Waals surface area contributed by atoms with Gasteiger partial charge >= 0.3 is 11.7 Å². The lowest BCUT2D eigenvalue weighted by atomic mass is 10.0. The highest BCUT2D eigenvalue weighted by Gasteiger charge is 2.26. The molecule has 0 saturated carbocycles. The average molecular weight is 401 g/mol. The molecule has 0 radical (unpaired) electrons. The predicted molar refractivity (Wildman–Crippen MR) is 106 cm³/mol. The van der Waals surface area contributed by atoms with Crippen molar-refractivity contribution in [2.45, 2.75) is 32.7 Å². The minimum absolute atomic E-state index is 0.0682. The zero-order valence-electron chi connectivity index (χ0n) is 15.3. The number of H-pyrrole nitrogens is 1. The summed E-state index contributed by atoms with van der Waals surface area (Å²) < 4.78 is 0.712. The molecular weight excluding hydrogens is 382 g/mol. The van der Waals surface area contributed by atoms with Crippen LogP contribution >= 0.6 is 11.3 Å². The number of thiophene rings is 1. The van der Waals surface area contributed by atoms with Crippen LogP contribution in [0.25, 0.3) is 10.2 Å². The van der Waals surface area contributed by atoms with Gasteiger partial charge in [-0.3, -0.25) is 14.6 Å². The summed E-state index contributed by atoms with van der Waals surface area (Å²) in [6, 6.07) is 6.25. The lowest BCUT2D eigenvalue weighted by molar-refractivity contribution is -0.141. The first-order valence-corrected chi connectivity index (χ1v) is 9.38. The van der Waals surface area contributed by atoms with Crippen LogP contribution in [0.3, 0.4) is 0 Å². The number of carbonyl (C=O) groups excluding carboxylic acids is 1. The summed E-state index contributed by atoms with van der Waals surface area (Å²) in [4.78, 5) is 51.7. The number of primary amides is 1. The number of hydrogen-bond acceptors (Lipinski definition) is 5. The first-order valence-electron chi connectivity index (χ1n) is 8.56. The fraction of sp³-hybridized carbons (Fsp3) is 0.263. The van der Waals surface area contributed by atoms with E-state index in [2.05, 4.69) is 4.98 Å². The average Bonchev–Trinajstić information content (AvgIpc) is 2.95. The van der Waals surface area contributed by atoms with Gasteiger partial charge in [-0.15, -0.1) is 11.3 Å². The van der Waals surface area contributed by atoms with Gasteiger partial charge in [0.15, 0.2) is 0 Å². The Hall–Kier alpha value is -3.20. The molecule has 3 aromatic rings. The highest BCUT2D eigenvalue weighted by molar-refractivity contribution is 7.20. The third-order valence-electron chi connectivity index (χ3n) is 4.67. The van der Waals surface area contributed by atoms with Crippen LogP contribution in [0.4, 0.5) is 0 Å². The summed E-state index contributed by atoms with van der Waals surface area (Å²) in [6.45, 7) is 3.49. The van der Waals surface area contributed by atoms with Crippen molar-refractivity contribution < 1.29 is 14.7 Å². The Morgan fingerprint density at radius 1 is 1.21 bits per heavy atom. The van der Waals surface area contributed by atoms with Gasteiger partial charge in [-0.1, -0.05) is 29.8 Å². The molecule has 1 aromatic carbocycles. The van der Waals surface area contributed by atoms with E-state index < -0.39 is 29.2 Å². The molecule has 3 rings (SSSR count). The molecule has 0 aliphatic heterocycles. The molecule has 8 nitrogen and oxygen atoms in total. The molecule has 1 amide bonds. The van der Waals surface area contributed by atoms with Gasteiger partial charge in [-0.2, -0.15) is 0 Å². The van der Waals surface area contributed by atoms with Gasteiger partial charge in [0, 0.05) is 0 Å². The van der Waals surface area contributed by atoms with Gasteiger partial charge in [0.1, 0.15) is 10.9 Å². The van der Waals surface area contributed by atoms with Gasteiger partial charge in [0.05, 0.1) is 10.3 Å². The molecule has 0 spiro atoms. The van der Waals surface area contributed by atoms with Gasteiger partial charge in [0.25, 0.3) is 11.5 Å². The number of fused-ring (bicyclic) bond motifs is 1. The second-order valence-corrected chi connectivity index (χ2v) is 7.63. The van der Waals surface area contributed by atoms with Crippen molar-refractivity contribution in [1.29, 1.82) is 0 Å². The Morgan fingerprint density at radius 3 is 2.43 bits per heavy atom. The Kier molecular flexibility index (Phi) is 5.19. The van der Waals surface area contributed by atoms with E-state index in [9.17, 15) is 24.3 Å². The molecule has 2 aromatic heterocycles. The van der Waals surface area contributed by atoms with Crippen molar-refractivity contribution in [1.82, 2.24) is 9.55 Å². The van der Waals surface area contributed by atoms with E-state index in [1.54, 1.807) is 6.92 Å². The summed E-state index contributed by atoms with van der Waals surface area (Å²) in [5.41, 5.74) is 6.07. The number of aliphatic carboxylic acids is 1. The fourth-order valence-corrected chi connectivity index (χ4v) is 4.21. The maximum atomic E-state index is 12.9. The first kappa shape index (κ1) is 19.6. The lowest BCUT2D eigenvalue weighted by Crippen LogP contribution is -2.41. The number of benzene rings is 1. The molecule has 0 aliphatic carbocycles. The van der Waals surface area contributed by atoms with Crippen LogP contribution in [0.2, 0.25) is 0 Å². The van der Waals surface area contributed by atoms with Gasteiger partial charge < -0.3 is 10.8 Å². The number of nitrogens with zero attached hydrogens (tertiary/aromatic N) is 1. The molecule has 0 aliphatic rings. The smallest absolute Gasteiger partial charge is 0.330 e. The van der Waals surface area contributed by atoms with Gasteiger partial charge in [0.2, 0.25) is 0 Å². The molecule has 28 heavy (non-hydrogen) atoms. The zero-order valence-corrected chi connectivity index (χ0v) is 16.1. The normalized spacial score (nSPS) is 12.2. The van der Waals surface area contributed by atoms with Crippen molar-refractivity contribution in [2.75, 3.05) is 0 Å². The fourth-order valence-electron chi connectivity index (χ4n) is 3.17. The number of nitrogens with two attached hydrogens (primary N) is 1. The minimum Gasteiger partial charge on any atom is -0.480 e. The van der Waals surface area contributed by atoms with Crippen LogP contribution in [0.5, 0.6) is 0 Å². The Morgan fingerprint density at radius 2 is 1.86 bits per heavy atom. The number of carboxylic acids is 1. The van der Waals surface area contributed by atoms with Crippen molar-refractivity contribution in [2.24, 2.45) is 5.73 Å². The van der Waals surface area contributed by atoms with Crippen LogP contribution in [0.15, 0.2) is 33.9 Å². The maximum Gasteiger partial charge on any atom is 0.330 e. The number of carbonyl (C=O) groups is 2. The minimum atomic E-state index is -1.33. The summed E-state index contributed by atoms with van der Waals surface area (Å²) in [5.74, 6) is -1.98. The molecule has 4 N–H and O–H groups in total. The largest absolute Gasteiger partial charge is 0.480 e. The first-order chi connectivity index (χ1) is 13.2. The Bertz CT molecular complexity index is 1190. The number of aryl methyl sites for hydroxylation is 3. The second kappa shape index (κ2) is 7.43. The van der Waals surface area contributed by atoms with E-state index in [0.717, 1.165) is 22.5 Å². The molecule has 1 unspecified atom stereocenters. The number of aromatic amines is 1. The monoisotopic (exact) mass is 401 g/mol. The molecule has 0 fully saturated rings. The predicted octanol–water partition coefficient (Wildman–Crippen LogP) is 1.73. The van der Waals surface area contributed by atoms with E-state index in [1.165, 1.54) is 0 Å². The zero-order chi connectivity index (χ0) is 20.6. The van der Waals surface area contributed by atoms with E-state index >= 15 is 0 Å². The van der Waals surface area contributed by atoms with Crippen LogP contribution in [0, 0.1) is 13.8 Å². The van der Waals surface area contributed by atoms with Crippen molar-refractivity contribution in [3.63, 3.8) is 0 Å². The standard InChI is InChI=1S/C19H19N3O5S/c1-9-3-5-11(6-4-9)7-8-12(18(25)26)22-17(24)13-10(2)14(15(20)23)28-16(13)21-19(22)27/h3-6,12H,7-8H2,1-2H3,(H2,20,23)(H,21,27)(H,25,26). The van der Waals surface area contributed by atoms with Crippen LogP contribution in [-0.4, -0.2) is 26.5 Å². The summed E-state index contributed by atoms with van der Waals surface area (Å²) in [6.07, 6.45) is 0.453. The van der Waals surface area contributed by atoms with Crippen LogP contribution < -0.4 is 17.0 Å². The summed E-state index contributed by atoms with van der Waals surface area (Å²) >= 11 is 0.910. The Labute approximate surface area is 163 Å². The number of rotatable bonds is 6. The molecule has 0 bridgehead atoms. The number of aromatic nitrogens is 2. The highest BCUT2D eigenvalue weighted by Crippen LogP contribution is 2.26. The third kappa shape index (κ3) is 3.48. The topological polar surface area (TPSA) is 135 Å². The number of nitrogens with one attached hydrogen (secondary N) is 1. The number of carboxylic acid groups (broad SMARTS) is 1. The Balaban J connectivity index is 2.07. The van der Waals surface area contributed by atoms with Gasteiger partial charge in [-0.05, 0) is 37.8 Å². The van der Waals surface area contributed by atoms with Crippen molar-refractivity contribution in [3.8, 4) is 0 Å². The van der Waals surface area contributed by atoms with E-state index in [4.69, 9.17) is 5.73 Å². The molecule has 0 saturated heterocycles. The SMILES string of the molecule is Cc1ccc(CCC(C(=O)O)n2c(=O)[nH]c3sc(C(N)=O)c(C)c3c2=O)cc1. The maximum absolute atomic E-state index is 12.9. The summed E-state index contributed by atoms with van der Waals surface area (Å²) in [5, 5.41) is 9.76. The van der Waals surface area contributed by atoms with E-state index in [-0.39, 0.29) is 21.5 Å².